The van der Waals surface area contributed by atoms with Crippen LogP contribution in [0.3, 0.4) is 0 Å². The van der Waals surface area contributed by atoms with Crippen LogP contribution in [0.1, 0.15) is 43.8 Å². The zero-order valence-corrected chi connectivity index (χ0v) is 12.6. The van der Waals surface area contributed by atoms with Crippen LogP contribution in [0.5, 0.6) is 0 Å². The lowest BCUT2D eigenvalue weighted by Gasteiger charge is -2.28. The van der Waals surface area contributed by atoms with Gasteiger partial charge < -0.3 is 10.1 Å². The van der Waals surface area contributed by atoms with Crippen LogP contribution in [-0.4, -0.2) is 40.6 Å². The first kappa shape index (κ1) is 14.6. The number of carbonyl (C=O) groups is 1. The van der Waals surface area contributed by atoms with Crippen LogP contribution >= 0.6 is 0 Å². The molecular weight excluding hydrogens is 292 g/mol. The Hall–Kier alpha value is -1.34. The topological polar surface area (TPSA) is 90.5 Å². The van der Waals surface area contributed by atoms with Crippen molar-refractivity contribution in [2.45, 2.75) is 43.4 Å². The van der Waals surface area contributed by atoms with E-state index in [0.717, 1.165) is 18.5 Å². The van der Waals surface area contributed by atoms with E-state index in [1.165, 1.54) is 4.31 Å². The average Bonchev–Trinajstić information content (AvgIpc) is 3.18. The summed E-state index contributed by atoms with van der Waals surface area (Å²) in [5.41, 5.74) is 0.890. The van der Waals surface area contributed by atoms with Crippen molar-refractivity contribution in [2.75, 3.05) is 6.54 Å². The molecule has 3 unspecified atom stereocenters. The van der Waals surface area contributed by atoms with Crippen molar-refractivity contribution < 1.29 is 18.3 Å². The number of sulfonamides is 1. The first-order valence-electron chi connectivity index (χ1n) is 7.38. The second-order valence-electron chi connectivity index (χ2n) is 5.85. The van der Waals surface area contributed by atoms with E-state index in [1.807, 2.05) is 12.1 Å². The highest BCUT2D eigenvalue weighted by Crippen LogP contribution is 2.40. The van der Waals surface area contributed by atoms with Crippen LogP contribution in [0, 0.1) is 5.92 Å². The van der Waals surface area contributed by atoms with Crippen LogP contribution in [0.2, 0.25) is 0 Å². The summed E-state index contributed by atoms with van der Waals surface area (Å²) in [4.78, 5) is 14.4. The van der Waals surface area contributed by atoms with Gasteiger partial charge in [0.05, 0.1) is 17.2 Å². The van der Waals surface area contributed by atoms with Gasteiger partial charge in [-0.3, -0.25) is 4.79 Å². The van der Waals surface area contributed by atoms with Crippen molar-refractivity contribution in [3.8, 4) is 0 Å². The fraction of sp³-hybridized carbons (Fsp3) is 0.643. The highest BCUT2D eigenvalue weighted by molar-refractivity contribution is 7.89. The lowest BCUT2D eigenvalue weighted by Crippen LogP contribution is -2.42. The third-order valence-electron chi connectivity index (χ3n) is 4.66. The molecule has 1 saturated heterocycles. The van der Waals surface area contributed by atoms with E-state index in [2.05, 4.69) is 4.98 Å². The molecule has 0 amide bonds. The number of aromatic nitrogens is 1. The molecule has 0 bridgehead atoms. The number of nitrogens with one attached hydrogen (secondary N) is 1. The summed E-state index contributed by atoms with van der Waals surface area (Å²) in [6.45, 7) is 0.481. The van der Waals surface area contributed by atoms with Crippen molar-refractivity contribution in [3.63, 3.8) is 0 Å². The number of hydrogen-bond acceptors (Lipinski definition) is 3. The molecule has 1 aliphatic heterocycles. The molecular formula is C14H20N2O4S. The predicted octanol–water partition coefficient (Wildman–Crippen LogP) is 1.73. The third kappa shape index (κ3) is 2.48. The zero-order valence-electron chi connectivity index (χ0n) is 11.7. The molecule has 2 aliphatic rings. The number of aromatic amines is 1. The molecule has 1 aromatic rings. The highest BCUT2D eigenvalue weighted by atomic mass is 32.2. The summed E-state index contributed by atoms with van der Waals surface area (Å²) in [5, 5.41) is 8.48. The number of nitrogens with zero attached hydrogens (tertiary/aromatic N) is 1. The van der Waals surface area contributed by atoms with Gasteiger partial charge in [0.1, 0.15) is 0 Å². The van der Waals surface area contributed by atoms with E-state index in [4.69, 9.17) is 0 Å². The normalized spacial score (nSPS) is 30.8. The van der Waals surface area contributed by atoms with Crippen molar-refractivity contribution in [2.24, 2.45) is 5.92 Å². The number of H-pyrrole nitrogens is 1. The van der Waals surface area contributed by atoms with E-state index in [-0.39, 0.29) is 6.04 Å². The van der Waals surface area contributed by atoms with E-state index in [1.54, 1.807) is 6.20 Å². The SMILES string of the molecule is O=C(O)C1CCCC1S(=O)(=O)N1CCCC1c1ccc[nH]1. The molecule has 116 valence electrons. The van der Waals surface area contributed by atoms with E-state index >= 15 is 0 Å². The van der Waals surface area contributed by atoms with Gasteiger partial charge in [0.15, 0.2) is 0 Å². The quantitative estimate of drug-likeness (QED) is 0.886. The van der Waals surface area contributed by atoms with E-state index in [9.17, 15) is 18.3 Å². The standard InChI is InChI=1S/C14H20N2O4S/c17-14(18)10-4-1-7-13(10)21(19,20)16-9-3-6-12(16)11-5-2-8-15-11/h2,5,8,10,12-13,15H,1,3-4,6-7,9H2,(H,17,18). The Morgan fingerprint density at radius 3 is 2.76 bits per heavy atom. The first-order chi connectivity index (χ1) is 10.0. The average molecular weight is 312 g/mol. The summed E-state index contributed by atoms with van der Waals surface area (Å²) < 4.78 is 27.3. The third-order valence-corrected chi connectivity index (χ3v) is 7.08. The van der Waals surface area contributed by atoms with E-state index in [0.29, 0.717) is 25.8 Å². The second kappa shape index (κ2) is 5.46. The zero-order chi connectivity index (χ0) is 15.0. The Bertz CT molecular complexity index is 611. The van der Waals surface area contributed by atoms with Gasteiger partial charge in [0.25, 0.3) is 0 Å². The van der Waals surface area contributed by atoms with Gasteiger partial charge in [0, 0.05) is 18.4 Å². The fourth-order valence-corrected chi connectivity index (χ4v) is 6.08. The maximum atomic E-state index is 12.9. The summed E-state index contributed by atoms with van der Waals surface area (Å²) in [6, 6.07) is 3.57. The molecule has 1 aromatic heterocycles. The Labute approximate surface area is 124 Å². The lowest BCUT2D eigenvalue weighted by atomic mass is 10.1. The smallest absolute Gasteiger partial charge is 0.307 e. The minimum absolute atomic E-state index is 0.181. The van der Waals surface area contributed by atoms with Crippen LogP contribution < -0.4 is 0 Å². The van der Waals surface area contributed by atoms with Crippen LogP contribution in [0.4, 0.5) is 0 Å². The summed E-state index contributed by atoms with van der Waals surface area (Å²) >= 11 is 0. The molecule has 2 fully saturated rings. The molecule has 1 saturated carbocycles. The molecule has 0 radical (unpaired) electrons. The van der Waals surface area contributed by atoms with Gasteiger partial charge in [-0.2, -0.15) is 4.31 Å². The molecule has 3 atom stereocenters. The van der Waals surface area contributed by atoms with Crippen molar-refractivity contribution in [1.82, 2.24) is 9.29 Å². The number of hydrogen-bond donors (Lipinski definition) is 2. The molecule has 7 heteroatoms. The van der Waals surface area contributed by atoms with Gasteiger partial charge in [-0.15, -0.1) is 0 Å². The van der Waals surface area contributed by atoms with Gasteiger partial charge in [0.2, 0.25) is 10.0 Å². The maximum Gasteiger partial charge on any atom is 0.307 e. The number of carboxylic acid groups (broad SMARTS) is 1. The molecule has 3 rings (SSSR count). The molecule has 0 aromatic carbocycles. The fourth-order valence-electron chi connectivity index (χ4n) is 3.65. The Morgan fingerprint density at radius 2 is 2.10 bits per heavy atom. The van der Waals surface area contributed by atoms with Gasteiger partial charge in [-0.1, -0.05) is 6.42 Å². The van der Waals surface area contributed by atoms with E-state index < -0.39 is 27.2 Å². The number of aliphatic carboxylic acids is 1. The maximum absolute atomic E-state index is 12.9. The second-order valence-corrected chi connectivity index (χ2v) is 7.96. The highest BCUT2D eigenvalue weighted by Gasteiger charge is 2.47. The monoisotopic (exact) mass is 312 g/mol. The van der Waals surface area contributed by atoms with Crippen molar-refractivity contribution >= 4 is 16.0 Å². The summed E-state index contributed by atoms with van der Waals surface area (Å²) in [5.74, 6) is -1.75. The van der Waals surface area contributed by atoms with Crippen LogP contribution in [-0.2, 0) is 14.8 Å². The largest absolute Gasteiger partial charge is 0.481 e. The van der Waals surface area contributed by atoms with Gasteiger partial charge in [-0.05, 0) is 37.8 Å². The van der Waals surface area contributed by atoms with Crippen LogP contribution in [0.25, 0.3) is 0 Å². The molecule has 1 aliphatic carbocycles. The molecule has 2 N–H and O–H groups in total. The Kier molecular flexibility index (Phi) is 3.79. The summed E-state index contributed by atoms with van der Waals surface area (Å²) in [7, 11) is -3.58. The minimum atomic E-state index is -3.58. The lowest BCUT2D eigenvalue weighted by molar-refractivity contribution is -0.141. The van der Waals surface area contributed by atoms with Crippen LogP contribution in [0.15, 0.2) is 18.3 Å². The molecule has 0 spiro atoms. The molecule has 6 nitrogen and oxygen atoms in total. The van der Waals surface area contributed by atoms with Crippen molar-refractivity contribution in [3.05, 3.63) is 24.0 Å². The minimum Gasteiger partial charge on any atom is -0.481 e. The predicted molar refractivity (Wildman–Crippen MR) is 77.2 cm³/mol. The Balaban J connectivity index is 1.89. The van der Waals surface area contributed by atoms with Gasteiger partial charge >= 0.3 is 5.97 Å². The summed E-state index contributed by atoms with van der Waals surface area (Å²) in [6.07, 6.45) is 4.96. The van der Waals surface area contributed by atoms with Gasteiger partial charge in [-0.25, -0.2) is 8.42 Å². The molecule has 2 heterocycles. The molecule has 21 heavy (non-hydrogen) atoms. The van der Waals surface area contributed by atoms with Crippen molar-refractivity contribution in [1.29, 1.82) is 0 Å². The number of rotatable bonds is 4. The Morgan fingerprint density at radius 1 is 1.29 bits per heavy atom. The first-order valence-corrected chi connectivity index (χ1v) is 8.89. The number of carboxylic acids is 1.